The van der Waals surface area contributed by atoms with E-state index in [2.05, 4.69) is 12.2 Å². The summed E-state index contributed by atoms with van der Waals surface area (Å²) in [6.45, 7) is 4.43. The Bertz CT molecular complexity index is 402. The Morgan fingerprint density at radius 1 is 1.04 bits per heavy atom. The summed E-state index contributed by atoms with van der Waals surface area (Å²) in [5.74, 6) is 1.39. The summed E-state index contributed by atoms with van der Waals surface area (Å²) in [6, 6.07) is 5.92. The van der Waals surface area contributed by atoms with Gasteiger partial charge in [0, 0.05) is 6.54 Å². The fourth-order valence-corrected chi connectivity index (χ4v) is 2.36. The zero-order chi connectivity index (χ0) is 16.0. The SMILES string of the molecule is CCCCCCCCNCc1ccc(OCCO)c(OC)c1.Cl. The Morgan fingerprint density at radius 3 is 2.48 bits per heavy atom. The molecule has 0 saturated heterocycles. The van der Waals surface area contributed by atoms with Crippen LogP contribution in [0.4, 0.5) is 0 Å². The molecule has 0 aliphatic heterocycles. The van der Waals surface area contributed by atoms with Gasteiger partial charge in [0.15, 0.2) is 11.5 Å². The number of aliphatic hydroxyl groups is 1. The number of methoxy groups -OCH3 is 1. The van der Waals surface area contributed by atoms with Crippen LogP contribution in [0.15, 0.2) is 18.2 Å². The Hall–Kier alpha value is -0.970. The average molecular weight is 346 g/mol. The second-order valence-electron chi connectivity index (χ2n) is 5.50. The third kappa shape index (κ3) is 9.69. The predicted octanol–water partition coefficient (Wildman–Crippen LogP) is 3.94. The second-order valence-corrected chi connectivity index (χ2v) is 5.50. The average Bonchev–Trinajstić information content (AvgIpc) is 2.55. The lowest BCUT2D eigenvalue weighted by molar-refractivity contribution is 0.196. The highest BCUT2D eigenvalue weighted by Crippen LogP contribution is 2.27. The van der Waals surface area contributed by atoms with Crippen LogP contribution in [0.5, 0.6) is 11.5 Å². The molecule has 0 aromatic heterocycles. The number of unbranched alkanes of at least 4 members (excludes halogenated alkanes) is 5. The zero-order valence-corrected chi connectivity index (χ0v) is 15.3. The summed E-state index contributed by atoms with van der Waals surface area (Å²) < 4.78 is 10.8. The lowest BCUT2D eigenvalue weighted by Crippen LogP contribution is -2.14. The molecule has 23 heavy (non-hydrogen) atoms. The smallest absolute Gasteiger partial charge is 0.161 e. The molecule has 0 bridgehead atoms. The molecule has 0 spiro atoms. The first-order valence-corrected chi connectivity index (χ1v) is 8.43. The molecule has 2 N–H and O–H groups in total. The van der Waals surface area contributed by atoms with Gasteiger partial charge >= 0.3 is 0 Å². The van der Waals surface area contributed by atoms with E-state index in [-0.39, 0.29) is 25.6 Å². The number of hydrogen-bond donors (Lipinski definition) is 2. The van der Waals surface area contributed by atoms with Gasteiger partial charge in [-0.05, 0) is 30.7 Å². The van der Waals surface area contributed by atoms with Crippen molar-refractivity contribution < 1.29 is 14.6 Å². The van der Waals surface area contributed by atoms with Crippen LogP contribution in [0.1, 0.15) is 51.0 Å². The van der Waals surface area contributed by atoms with Gasteiger partial charge in [-0.2, -0.15) is 0 Å². The van der Waals surface area contributed by atoms with Crippen molar-refractivity contribution in [3.63, 3.8) is 0 Å². The number of aliphatic hydroxyl groups excluding tert-OH is 1. The van der Waals surface area contributed by atoms with Crippen molar-refractivity contribution in [1.82, 2.24) is 5.32 Å². The summed E-state index contributed by atoms with van der Waals surface area (Å²) in [6.07, 6.45) is 7.92. The Kier molecular flexibility index (Phi) is 14.0. The molecule has 0 radical (unpaired) electrons. The van der Waals surface area contributed by atoms with Crippen LogP contribution < -0.4 is 14.8 Å². The third-order valence-electron chi connectivity index (χ3n) is 3.61. The maximum Gasteiger partial charge on any atom is 0.161 e. The topological polar surface area (TPSA) is 50.7 Å². The number of benzene rings is 1. The van der Waals surface area contributed by atoms with Crippen LogP contribution in [-0.2, 0) is 6.54 Å². The molecule has 5 heteroatoms. The van der Waals surface area contributed by atoms with Crippen LogP contribution in [0.2, 0.25) is 0 Å². The van der Waals surface area contributed by atoms with Gasteiger partial charge in [-0.25, -0.2) is 0 Å². The molecular weight excluding hydrogens is 314 g/mol. The monoisotopic (exact) mass is 345 g/mol. The minimum Gasteiger partial charge on any atom is -0.493 e. The standard InChI is InChI=1S/C18H31NO3.ClH/c1-3-4-5-6-7-8-11-19-15-16-9-10-17(22-13-12-20)18(14-16)21-2;/h9-10,14,19-20H,3-8,11-13,15H2,1-2H3;1H. The number of ether oxygens (including phenoxy) is 2. The van der Waals surface area contributed by atoms with Crippen LogP contribution >= 0.6 is 12.4 Å². The van der Waals surface area contributed by atoms with E-state index in [0.29, 0.717) is 11.5 Å². The molecule has 0 heterocycles. The van der Waals surface area contributed by atoms with Gasteiger partial charge in [0.1, 0.15) is 6.61 Å². The van der Waals surface area contributed by atoms with Crippen molar-refractivity contribution >= 4 is 12.4 Å². The summed E-state index contributed by atoms with van der Waals surface area (Å²) in [7, 11) is 1.63. The van der Waals surface area contributed by atoms with E-state index in [1.54, 1.807) is 7.11 Å². The third-order valence-corrected chi connectivity index (χ3v) is 3.61. The second kappa shape index (κ2) is 14.6. The van der Waals surface area contributed by atoms with E-state index in [0.717, 1.165) is 13.1 Å². The number of halogens is 1. The number of rotatable bonds is 13. The van der Waals surface area contributed by atoms with Crippen LogP contribution in [-0.4, -0.2) is 32.0 Å². The molecule has 0 amide bonds. The van der Waals surface area contributed by atoms with Gasteiger partial charge in [0.2, 0.25) is 0 Å². The molecule has 0 atom stereocenters. The molecular formula is C18H32ClNO3. The highest BCUT2D eigenvalue weighted by atomic mass is 35.5. The van der Waals surface area contributed by atoms with E-state index in [9.17, 15) is 0 Å². The Balaban J connectivity index is 0.00000484. The van der Waals surface area contributed by atoms with E-state index < -0.39 is 0 Å². The number of nitrogens with one attached hydrogen (secondary N) is 1. The molecule has 1 aromatic rings. The zero-order valence-electron chi connectivity index (χ0n) is 14.5. The van der Waals surface area contributed by atoms with Gasteiger partial charge in [0.05, 0.1) is 13.7 Å². The molecule has 1 rings (SSSR count). The van der Waals surface area contributed by atoms with E-state index in [4.69, 9.17) is 14.6 Å². The number of hydrogen-bond acceptors (Lipinski definition) is 4. The van der Waals surface area contributed by atoms with E-state index >= 15 is 0 Å². The van der Waals surface area contributed by atoms with Crippen molar-refractivity contribution in [3.8, 4) is 11.5 Å². The van der Waals surface area contributed by atoms with Crippen molar-refractivity contribution in [2.45, 2.75) is 52.0 Å². The van der Waals surface area contributed by atoms with Gasteiger partial charge in [-0.15, -0.1) is 12.4 Å². The van der Waals surface area contributed by atoms with Gasteiger partial charge in [0.25, 0.3) is 0 Å². The predicted molar refractivity (Wildman–Crippen MR) is 97.9 cm³/mol. The van der Waals surface area contributed by atoms with Gasteiger partial charge in [-0.3, -0.25) is 0 Å². The molecule has 0 unspecified atom stereocenters. The Morgan fingerprint density at radius 2 is 1.78 bits per heavy atom. The largest absolute Gasteiger partial charge is 0.493 e. The van der Waals surface area contributed by atoms with Crippen molar-refractivity contribution in [2.75, 3.05) is 26.9 Å². The molecule has 0 aliphatic carbocycles. The normalized spacial score (nSPS) is 10.2. The summed E-state index contributed by atoms with van der Waals surface area (Å²) in [4.78, 5) is 0. The van der Waals surface area contributed by atoms with Crippen molar-refractivity contribution in [1.29, 1.82) is 0 Å². The molecule has 0 fully saturated rings. The Labute approximate surface area is 147 Å². The van der Waals surface area contributed by atoms with Gasteiger partial charge in [-0.1, -0.05) is 45.1 Å². The summed E-state index contributed by atoms with van der Waals surface area (Å²) in [5, 5.41) is 12.3. The first kappa shape index (κ1) is 22.0. The van der Waals surface area contributed by atoms with Crippen LogP contribution in [0, 0.1) is 0 Å². The molecule has 0 aliphatic rings. The lowest BCUT2D eigenvalue weighted by atomic mass is 10.1. The van der Waals surface area contributed by atoms with Crippen molar-refractivity contribution in [3.05, 3.63) is 23.8 Å². The minimum atomic E-state index is 0. The maximum absolute atomic E-state index is 8.80. The first-order chi connectivity index (χ1) is 10.8. The van der Waals surface area contributed by atoms with Crippen LogP contribution in [0.25, 0.3) is 0 Å². The van der Waals surface area contributed by atoms with E-state index in [1.165, 1.54) is 44.1 Å². The fourth-order valence-electron chi connectivity index (χ4n) is 2.36. The molecule has 134 valence electrons. The highest BCUT2D eigenvalue weighted by molar-refractivity contribution is 5.85. The quantitative estimate of drug-likeness (QED) is 0.532. The van der Waals surface area contributed by atoms with Crippen molar-refractivity contribution in [2.24, 2.45) is 0 Å². The molecule has 1 aromatic carbocycles. The summed E-state index contributed by atoms with van der Waals surface area (Å²) >= 11 is 0. The fraction of sp³-hybridized carbons (Fsp3) is 0.667. The maximum atomic E-state index is 8.80. The minimum absolute atomic E-state index is 0. The summed E-state index contributed by atoms with van der Waals surface area (Å²) in [5.41, 5.74) is 1.18. The molecule has 4 nitrogen and oxygen atoms in total. The van der Waals surface area contributed by atoms with E-state index in [1.807, 2.05) is 18.2 Å². The first-order valence-electron chi connectivity index (χ1n) is 8.43. The lowest BCUT2D eigenvalue weighted by Gasteiger charge is -2.12. The highest BCUT2D eigenvalue weighted by Gasteiger charge is 2.05. The van der Waals surface area contributed by atoms with Crippen LogP contribution in [0.3, 0.4) is 0 Å². The van der Waals surface area contributed by atoms with Gasteiger partial charge < -0.3 is 19.9 Å². The molecule has 0 saturated carbocycles.